The fourth-order valence-electron chi connectivity index (χ4n) is 2.25. The van der Waals surface area contributed by atoms with Crippen molar-refractivity contribution in [3.8, 4) is 0 Å². The lowest BCUT2D eigenvalue weighted by Gasteiger charge is -2.16. The summed E-state index contributed by atoms with van der Waals surface area (Å²) in [6.45, 7) is 7.73. The zero-order valence-corrected chi connectivity index (χ0v) is 15.3. The van der Waals surface area contributed by atoms with Crippen LogP contribution in [0.15, 0.2) is 22.7 Å². The van der Waals surface area contributed by atoms with Crippen molar-refractivity contribution in [3.05, 3.63) is 49.7 Å². The van der Waals surface area contributed by atoms with Crippen molar-refractivity contribution in [2.75, 3.05) is 0 Å². The summed E-state index contributed by atoms with van der Waals surface area (Å²) in [5, 5.41) is 9.31. The highest BCUT2D eigenvalue weighted by Crippen LogP contribution is 2.27. The number of halogens is 3. The summed E-state index contributed by atoms with van der Waals surface area (Å²) in [5.41, 5.74) is 3.19. The molecule has 0 saturated heterocycles. The first kappa shape index (κ1) is 16.8. The Hall–Kier alpha value is -0.550. The predicted octanol–water partition coefficient (Wildman–Crippen LogP) is 5.13. The Morgan fingerprint density at radius 3 is 2.71 bits per heavy atom. The van der Waals surface area contributed by atoms with E-state index in [2.05, 4.69) is 40.2 Å². The summed E-state index contributed by atoms with van der Waals surface area (Å²) >= 11 is 15.8. The molecule has 3 nitrogen and oxygen atoms in total. The van der Waals surface area contributed by atoms with E-state index < -0.39 is 0 Å². The molecule has 21 heavy (non-hydrogen) atoms. The number of hydrogen-bond acceptors (Lipinski definition) is 2. The molecule has 0 bridgehead atoms. The topological polar surface area (TPSA) is 29.9 Å². The summed E-state index contributed by atoms with van der Waals surface area (Å²) in [5.74, 6) is 0. The smallest absolute Gasteiger partial charge is 0.0739 e. The van der Waals surface area contributed by atoms with Crippen LogP contribution in [0.1, 0.15) is 36.8 Å². The molecule has 114 valence electrons. The van der Waals surface area contributed by atoms with E-state index in [0.29, 0.717) is 10.0 Å². The number of benzene rings is 1. The molecule has 6 heteroatoms. The van der Waals surface area contributed by atoms with Gasteiger partial charge in [-0.25, -0.2) is 0 Å². The average Bonchev–Trinajstić information content (AvgIpc) is 2.71. The van der Waals surface area contributed by atoms with Gasteiger partial charge in [-0.1, -0.05) is 29.3 Å². The molecule has 0 spiro atoms. The van der Waals surface area contributed by atoms with E-state index in [4.69, 9.17) is 23.2 Å². The van der Waals surface area contributed by atoms with E-state index in [9.17, 15) is 0 Å². The van der Waals surface area contributed by atoms with E-state index in [-0.39, 0.29) is 6.04 Å². The van der Waals surface area contributed by atoms with E-state index in [1.165, 1.54) is 0 Å². The van der Waals surface area contributed by atoms with Crippen molar-refractivity contribution in [2.45, 2.75) is 39.9 Å². The van der Waals surface area contributed by atoms with Crippen LogP contribution in [0.25, 0.3) is 0 Å². The molecule has 0 radical (unpaired) electrons. The van der Waals surface area contributed by atoms with Gasteiger partial charge in [0, 0.05) is 29.2 Å². The van der Waals surface area contributed by atoms with Gasteiger partial charge in [-0.05, 0) is 54.4 Å². The van der Waals surface area contributed by atoms with Gasteiger partial charge in [0.1, 0.15) is 0 Å². The third-order valence-corrected chi connectivity index (χ3v) is 5.05. The van der Waals surface area contributed by atoms with Crippen LogP contribution in [-0.2, 0) is 13.1 Å². The van der Waals surface area contributed by atoms with Crippen molar-refractivity contribution in [1.29, 1.82) is 0 Å². The highest BCUT2D eigenvalue weighted by Gasteiger charge is 2.14. The van der Waals surface area contributed by atoms with Gasteiger partial charge in [-0.15, -0.1) is 0 Å². The van der Waals surface area contributed by atoms with Crippen LogP contribution >= 0.6 is 39.1 Å². The molecule has 1 heterocycles. The Morgan fingerprint density at radius 2 is 2.10 bits per heavy atom. The third-order valence-electron chi connectivity index (χ3n) is 3.46. The lowest BCUT2D eigenvalue weighted by Crippen LogP contribution is -2.20. The number of nitrogens with zero attached hydrogens (tertiary/aromatic N) is 2. The van der Waals surface area contributed by atoms with Crippen molar-refractivity contribution in [1.82, 2.24) is 15.1 Å². The van der Waals surface area contributed by atoms with E-state index in [0.717, 1.165) is 34.5 Å². The van der Waals surface area contributed by atoms with Crippen LogP contribution < -0.4 is 5.32 Å². The van der Waals surface area contributed by atoms with Gasteiger partial charge in [-0.2, -0.15) is 5.10 Å². The van der Waals surface area contributed by atoms with Crippen molar-refractivity contribution >= 4 is 39.1 Å². The molecular formula is C15H18BrCl2N3. The van der Waals surface area contributed by atoms with Crippen LogP contribution in [0.3, 0.4) is 0 Å². The largest absolute Gasteiger partial charge is 0.304 e. The minimum Gasteiger partial charge on any atom is -0.304 e. The van der Waals surface area contributed by atoms with Crippen LogP contribution in [0, 0.1) is 6.92 Å². The Morgan fingerprint density at radius 1 is 1.38 bits per heavy atom. The Balaban J connectivity index is 2.12. The van der Waals surface area contributed by atoms with Crippen LogP contribution in [0.5, 0.6) is 0 Å². The minimum absolute atomic E-state index is 0.127. The molecule has 0 amide bonds. The molecule has 1 aromatic carbocycles. The van der Waals surface area contributed by atoms with Crippen molar-refractivity contribution < 1.29 is 0 Å². The number of rotatable bonds is 5. The van der Waals surface area contributed by atoms with Gasteiger partial charge in [0.25, 0.3) is 0 Å². The van der Waals surface area contributed by atoms with E-state index in [1.807, 2.05) is 23.7 Å². The fourth-order valence-corrected chi connectivity index (χ4v) is 3.25. The van der Waals surface area contributed by atoms with Crippen LogP contribution in [-0.4, -0.2) is 9.78 Å². The highest BCUT2D eigenvalue weighted by molar-refractivity contribution is 9.10. The second kappa shape index (κ2) is 7.14. The van der Waals surface area contributed by atoms with Crippen molar-refractivity contribution in [2.24, 2.45) is 0 Å². The molecule has 0 fully saturated rings. The molecule has 1 unspecified atom stereocenters. The van der Waals surface area contributed by atoms with Gasteiger partial charge in [0.15, 0.2) is 0 Å². The average molecular weight is 391 g/mol. The highest BCUT2D eigenvalue weighted by atomic mass is 79.9. The summed E-state index contributed by atoms with van der Waals surface area (Å²) in [6, 6.07) is 5.71. The lowest BCUT2D eigenvalue weighted by molar-refractivity contribution is 0.530. The number of aromatic nitrogens is 2. The first-order chi connectivity index (χ1) is 9.93. The molecule has 2 rings (SSSR count). The molecule has 1 aromatic heterocycles. The molecule has 0 aliphatic rings. The SMILES string of the molecule is CCn1nc(C)c(Br)c1CNC(C)c1ccc(Cl)cc1Cl. The molecular weight excluding hydrogens is 373 g/mol. The third kappa shape index (κ3) is 3.81. The van der Waals surface area contributed by atoms with Crippen LogP contribution in [0.4, 0.5) is 0 Å². The second-order valence-corrected chi connectivity index (χ2v) is 6.57. The number of nitrogens with one attached hydrogen (secondary N) is 1. The monoisotopic (exact) mass is 389 g/mol. The zero-order valence-electron chi connectivity index (χ0n) is 12.3. The van der Waals surface area contributed by atoms with Gasteiger partial charge >= 0.3 is 0 Å². The van der Waals surface area contributed by atoms with Crippen molar-refractivity contribution in [3.63, 3.8) is 0 Å². The van der Waals surface area contributed by atoms with E-state index in [1.54, 1.807) is 6.07 Å². The van der Waals surface area contributed by atoms with Crippen LogP contribution in [0.2, 0.25) is 10.0 Å². The van der Waals surface area contributed by atoms with Gasteiger partial charge in [-0.3, -0.25) is 4.68 Å². The second-order valence-electron chi connectivity index (χ2n) is 4.93. The summed E-state index contributed by atoms with van der Waals surface area (Å²) < 4.78 is 3.06. The maximum atomic E-state index is 6.25. The quantitative estimate of drug-likeness (QED) is 0.766. The molecule has 1 atom stereocenters. The Kier molecular flexibility index (Phi) is 5.72. The maximum Gasteiger partial charge on any atom is 0.0739 e. The predicted molar refractivity (Wildman–Crippen MR) is 92.1 cm³/mol. The first-order valence-electron chi connectivity index (χ1n) is 6.84. The summed E-state index contributed by atoms with van der Waals surface area (Å²) in [4.78, 5) is 0. The lowest BCUT2D eigenvalue weighted by atomic mass is 10.1. The fraction of sp³-hybridized carbons (Fsp3) is 0.400. The van der Waals surface area contributed by atoms with Gasteiger partial charge in [0.05, 0.1) is 15.9 Å². The van der Waals surface area contributed by atoms with Gasteiger partial charge < -0.3 is 5.32 Å². The maximum absolute atomic E-state index is 6.25. The Bertz CT molecular complexity index is 640. The standard InChI is InChI=1S/C15H18BrCl2N3/c1-4-21-14(15(16)10(3)20-21)8-19-9(2)12-6-5-11(17)7-13(12)18/h5-7,9,19H,4,8H2,1-3H3. The minimum atomic E-state index is 0.127. The molecule has 0 aliphatic carbocycles. The summed E-state index contributed by atoms with van der Waals surface area (Å²) in [7, 11) is 0. The number of hydrogen-bond donors (Lipinski definition) is 1. The molecule has 1 N–H and O–H groups in total. The normalized spacial score (nSPS) is 12.7. The van der Waals surface area contributed by atoms with Gasteiger partial charge in [0.2, 0.25) is 0 Å². The number of aryl methyl sites for hydroxylation is 2. The van der Waals surface area contributed by atoms with E-state index >= 15 is 0 Å². The first-order valence-corrected chi connectivity index (χ1v) is 8.39. The molecule has 0 aliphatic heterocycles. The summed E-state index contributed by atoms with van der Waals surface area (Å²) in [6.07, 6.45) is 0. The Labute approximate surface area is 143 Å². The molecule has 0 saturated carbocycles. The molecule has 2 aromatic rings. The zero-order chi connectivity index (χ0) is 15.6.